The summed E-state index contributed by atoms with van der Waals surface area (Å²) in [5.74, 6) is 0.190. The maximum atomic E-state index is 12.8. The lowest BCUT2D eigenvalue weighted by Gasteiger charge is -2.38. The number of ketones is 1. The number of likely N-dealkylation sites (tertiary alicyclic amines) is 1. The van der Waals surface area contributed by atoms with Crippen molar-refractivity contribution in [2.45, 2.75) is 45.1 Å². The molecule has 2 rings (SSSR count). The molecule has 0 spiro atoms. The summed E-state index contributed by atoms with van der Waals surface area (Å²) < 4.78 is 1.70. The van der Waals surface area contributed by atoms with E-state index in [0.717, 1.165) is 25.9 Å². The smallest absolute Gasteiger partial charge is 0.203 e. The largest absolute Gasteiger partial charge is 0.291 e. The van der Waals surface area contributed by atoms with Crippen LogP contribution in [0.4, 0.5) is 0 Å². The van der Waals surface area contributed by atoms with Crippen molar-refractivity contribution in [3.63, 3.8) is 0 Å². The van der Waals surface area contributed by atoms with Crippen LogP contribution in [0.5, 0.6) is 0 Å². The van der Waals surface area contributed by atoms with Crippen LogP contribution in [-0.2, 0) is 7.05 Å². The molecule has 0 N–H and O–H groups in total. The van der Waals surface area contributed by atoms with Crippen LogP contribution in [0.15, 0.2) is 12.3 Å². The second kappa shape index (κ2) is 5.22. The number of Topliss-reactive ketones (excluding diaryl/α,β-unsaturated/α-hetero) is 1. The molecule has 2 heterocycles. The molecule has 4 nitrogen and oxygen atoms in total. The van der Waals surface area contributed by atoms with Gasteiger partial charge in [0.2, 0.25) is 5.78 Å². The molecule has 1 aromatic rings. The van der Waals surface area contributed by atoms with Crippen molar-refractivity contribution in [2.75, 3.05) is 13.1 Å². The molecule has 1 aliphatic heterocycles. The molecule has 1 aliphatic rings. The maximum Gasteiger partial charge on any atom is 0.203 e. The van der Waals surface area contributed by atoms with Gasteiger partial charge < -0.3 is 0 Å². The molecule has 18 heavy (non-hydrogen) atoms. The molecule has 1 aromatic heterocycles. The Hall–Kier alpha value is -1.16. The van der Waals surface area contributed by atoms with Gasteiger partial charge in [-0.2, -0.15) is 5.10 Å². The van der Waals surface area contributed by atoms with Crippen LogP contribution >= 0.6 is 0 Å². The van der Waals surface area contributed by atoms with Gasteiger partial charge in [-0.25, -0.2) is 0 Å². The van der Waals surface area contributed by atoms with Gasteiger partial charge in [0, 0.05) is 13.2 Å². The maximum absolute atomic E-state index is 12.8. The molecule has 0 radical (unpaired) electrons. The van der Waals surface area contributed by atoms with Crippen molar-refractivity contribution in [3.05, 3.63) is 18.0 Å². The molecule has 100 valence electrons. The van der Waals surface area contributed by atoms with Crippen LogP contribution in [0, 0.1) is 0 Å². The van der Waals surface area contributed by atoms with E-state index in [0.29, 0.717) is 5.69 Å². The quantitative estimate of drug-likeness (QED) is 0.751. The summed E-state index contributed by atoms with van der Waals surface area (Å²) in [6.45, 7) is 6.31. The minimum atomic E-state index is -0.342. The van der Waals surface area contributed by atoms with Gasteiger partial charge in [0.1, 0.15) is 5.69 Å². The number of rotatable bonds is 5. The number of carbonyl (C=O) groups is 1. The Morgan fingerprint density at radius 3 is 2.39 bits per heavy atom. The van der Waals surface area contributed by atoms with Crippen molar-refractivity contribution >= 4 is 5.78 Å². The first-order valence-corrected chi connectivity index (χ1v) is 6.93. The van der Waals surface area contributed by atoms with E-state index in [2.05, 4.69) is 23.8 Å². The summed E-state index contributed by atoms with van der Waals surface area (Å²) in [6.07, 6.45) is 5.97. The Labute approximate surface area is 109 Å². The van der Waals surface area contributed by atoms with E-state index >= 15 is 0 Å². The van der Waals surface area contributed by atoms with Crippen LogP contribution < -0.4 is 0 Å². The summed E-state index contributed by atoms with van der Waals surface area (Å²) in [5, 5.41) is 4.28. The van der Waals surface area contributed by atoms with Crippen molar-refractivity contribution in [2.24, 2.45) is 7.05 Å². The van der Waals surface area contributed by atoms with E-state index in [4.69, 9.17) is 0 Å². The van der Waals surface area contributed by atoms with E-state index < -0.39 is 0 Å². The lowest BCUT2D eigenvalue weighted by atomic mass is 9.84. The van der Waals surface area contributed by atoms with Gasteiger partial charge in [-0.3, -0.25) is 14.4 Å². The fourth-order valence-corrected chi connectivity index (χ4v) is 3.08. The second-order valence-corrected chi connectivity index (χ2v) is 5.14. The van der Waals surface area contributed by atoms with E-state index in [1.807, 2.05) is 19.3 Å². The molecule has 0 unspecified atom stereocenters. The van der Waals surface area contributed by atoms with Crippen LogP contribution in [-0.4, -0.2) is 39.1 Å². The molecule has 0 saturated carbocycles. The number of nitrogens with zero attached hydrogens (tertiary/aromatic N) is 3. The van der Waals surface area contributed by atoms with Crippen molar-refractivity contribution in [1.82, 2.24) is 14.7 Å². The first-order valence-electron chi connectivity index (χ1n) is 6.93. The lowest BCUT2D eigenvalue weighted by Crippen LogP contribution is -2.52. The van der Waals surface area contributed by atoms with Crippen molar-refractivity contribution in [1.29, 1.82) is 0 Å². The Kier molecular flexibility index (Phi) is 3.85. The molecule has 0 atom stereocenters. The van der Waals surface area contributed by atoms with Crippen molar-refractivity contribution < 1.29 is 4.79 Å². The second-order valence-electron chi connectivity index (χ2n) is 5.14. The predicted molar refractivity (Wildman–Crippen MR) is 71.7 cm³/mol. The number of carbonyl (C=O) groups excluding carboxylic acids is 1. The molecule has 0 aliphatic carbocycles. The first-order chi connectivity index (χ1) is 8.64. The summed E-state index contributed by atoms with van der Waals surface area (Å²) in [4.78, 5) is 15.2. The molecule has 0 bridgehead atoms. The fourth-order valence-electron chi connectivity index (χ4n) is 3.08. The van der Waals surface area contributed by atoms with Gasteiger partial charge in [-0.15, -0.1) is 0 Å². The zero-order valence-corrected chi connectivity index (χ0v) is 11.6. The highest BCUT2D eigenvalue weighted by Crippen LogP contribution is 2.31. The number of aryl methyl sites for hydroxylation is 1. The van der Waals surface area contributed by atoms with Crippen LogP contribution in [0.1, 0.15) is 50.0 Å². The van der Waals surface area contributed by atoms with Gasteiger partial charge in [0.15, 0.2) is 0 Å². The van der Waals surface area contributed by atoms with E-state index in [1.54, 1.807) is 4.68 Å². The zero-order valence-electron chi connectivity index (χ0n) is 11.6. The van der Waals surface area contributed by atoms with Gasteiger partial charge in [-0.05, 0) is 44.8 Å². The Bertz CT molecular complexity index is 414. The number of hydrogen-bond donors (Lipinski definition) is 0. The van der Waals surface area contributed by atoms with Crippen molar-refractivity contribution in [3.8, 4) is 0 Å². The summed E-state index contributed by atoms with van der Waals surface area (Å²) >= 11 is 0. The number of aromatic nitrogens is 2. The third kappa shape index (κ3) is 2.09. The average Bonchev–Trinajstić information content (AvgIpc) is 3.03. The van der Waals surface area contributed by atoms with E-state index in [9.17, 15) is 4.79 Å². The third-order valence-electron chi connectivity index (χ3n) is 4.25. The number of hydrogen-bond acceptors (Lipinski definition) is 3. The van der Waals surface area contributed by atoms with E-state index in [1.165, 1.54) is 12.8 Å². The fraction of sp³-hybridized carbons (Fsp3) is 0.714. The monoisotopic (exact) mass is 249 g/mol. The Morgan fingerprint density at radius 1 is 1.33 bits per heavy atom. The highest BCUT2D eigenvalue weighted by molar-refractivity contribution is 6.01. The molecule has 4 heteroatoms. The lowest BCUT2D eigenvalue weighted by molar-refractivity contribution is 0.0575. The van der Waals surface area contributed by atoms with Crippen LogP contribution in [0.3, 0.4) is 0 Å². The molecule has 1 saturated heterocycles. The summed E-state index contributed by atoms with van der Waals surface area (Å²) in [6, 6.07) is 1.83. The molecule has 1 fully saturated rings. The van der Waals surface area contributed by atoms with Gasteiger partial charge in [-0.1, -0.05) is 13.8 Å². The minimum absolute atomic E-state index is 0.190. The normalized spacial score (nSPS) is 17.3. The third-order valence-corrected chi connectivity index (χ3v) is 4.25. The molecular weight excluding hydrogens is 226 g/mol. The molecule has 0 amide bonds. The first kappa shape index (κ1) is 13.3. The highest BCUT2D eigenvalue weighted by atomic mass is 16.1. The van der Waals surface area contributed by atoms with Gasteiger partial charge >= 0.3 is 0 Å². The standard InChI is InChI=1S/C14H23N3O/c1-4-14(5-2,17-9-6-7-10-17)13(18)12-8-11-16(3)15-12/h8,11H,4-7,9-10H2,1-3H3. The highest BCUT2D eigenvalue weighted by Gasteiger charge is 2.42. The van der Waals surface area contributed by atoms with E-state index in [-0.39, 0.29) is 11.3 Å². The molecule has 0 aromatic carbocycles. The predicted octanol–water partition coefficient (Wildman–Crippen LogP) is 2.26. The van der Waals surface area contributed by atoms with Gasteiger partial charge in [0.05, 0.1) is 5.54 Å². The Morgan fingerprint density at radius 2 is 1.94 bits per heavy atom. The zero-order chi connectivity index (χ0) is 13.2. The summed E-state index contributed by atoms with van der Waals surface area (Å²) in [5.41, 5.74) is 0.262. The van der Waals surface area contributed by atoms with Crippen LogP contribution in [0.25, 0.3) is 0 Å². The average molecular weight is 249 g/mol. The molecular formula is C14H23N3O. The van der Waals surface area contributed by atoms with Gasteiger partial charge in [0.25, 0.3) is 0 Å². The minimum Gasteiger partial charge on any atom is -0.291 e. The SMILES string of the molecule is CCC(CC)(C(=O)c1ccn(C)n1)N1CCCC1. The topological polar surface area (TPSA) is 38.1 Å². The van der Waals surface area contributed by atoms with Crippen LogP contribution in [0.2, 0.25) is 0 Å². The Balaban J connectivity index is 2.31. The summed E-state index contributed by atoms with van der Waals surface area (Å²) in [7, 11) is 1.85.